The van der Waals surface area contributed by atoms with Crippen molar-refractivity contribution in [2.45, 2.75) is 38.6 Å². The average molecular weight is 587 g/mol. The Hall–Kier alpha value is -4.58. The van der Waals surface area contributed by atoms with Crippen molar-refractivity contribution in [2.75, 3.05) is 11.9 Å². The van der Waals surface area contributed by atoms with Crippen molar-refractivity contribution in [3.8, 4) is 11.3 Å². The summed E-state index contributed by atoms with van der Waals surface area (Å²) in [6, 6.07) is 5.93. The minimum absolute atomic E-state index is 0.0668. The molecule has 1 aliphatic heterocycles. The number of aromatic nitrogens is 2. The SMILES string of the molecule is Cc1cc(F)c(C(=O)N[C@H]2C/C=C/CCC(=O)Nc3cc(CC(=O)OCC(=O)O)ccc3-c3nc2[nH]c3Cl)c(F)c1. The van der Waals surface area contributed by atoms with Crippen molar-refractivity contribution in [1.29, 1.82) is 0 Å². The van der Waals surface area contributed by atoms with Crippen LogP contribution < -0.4 is 10.6 Å². The number of benzene rings is 2. The molecule has 0 saturated heterocycles. The van der Waals surface area contributed by atoms with E-state index in [0.717, 1.165) is 12.1 Å². The molecule has 41 heavy (non-hydrogen) atoms. The van der Waals surface area contributed by atoms with Crippen molar-refractivity contribution in [3.05, 3.63) is 81.8 Å². The van der Waals surface area contributed by atoms with Crippen LogP contribution in [0.2, 0.25) is 5.15 Å². The van der Waals surface area contributed by atoms with Crippen molar-refractivity contribution >= 4 is 41.0 Å². The summed E-state index contributed by atoms with van der Waals surface area (Å²) in [4.78, 5) is 55.7. The van der Waals surface area contributed by atoms with E-state index in [1.807, 2.05) is 0 Å². The summed E-state index contributed by atoms with van der Waals surface area (Å²) >= 11 is 6.49. The van der Waals surface area contributed by atoms with Gasteiger partial charge in [-0.3, -0.25) is 14.4 Å². The molecule has 0 radical (unpaired) electrons. The highest BCUT2D eigenvalue weighted by Crippen LogP contribution is 2.35. The van der Waals surface area contributed by atoms with Crippen molar-refractivity contribution in [2.24, 2.45) is 0 Å². The number of carboxylic acid groups (broad SMARTS) is 1. The van der Waals surface area contributed by atoms with Crippen LogP contribution in [0.3, 0.4) is 0 Å². The number of halogens is 3. The molecule has 0 aliphatic carbocycles. The molecule has 10 nitrogen and oxygen atoms in total. The second kappa shape index (κ2) is 12.7. The average Bonchev–Trinajstić information content (AvgIpc) is 3.27. The molecule has 1 aliphatic rings. The van der Waals surface area contributed by atoms with Crippen LogP contribution in [0.5, 0.6) is 0 Å². The van der Waals surface area contributed by atoms with Crippen LogP contribution in [0.25, 0.3) is 11.3 Å². The van der Waals surface area contributed by atoms with Crippen molar-refractivity contribution < 1.29 is 37.8 Å². The highest BCUT2D eigenvalue weighted by atomic mass is 35.5. The summed E-state index contributed by atoms with van der Waals surface area (Å²) in [5, 5.41) is 14.2. The third-order valence-electron chi connectivity index (χ3n) is 6.12. The van der Waals surface area contributed by atoms with Gasteiger partial charge in [-0.25, -0.2) is 18.6 Å². The lowest BCUT2D eigenvalue weighted by Gasteiger charge is -2.16. The Morgan fingerprint density at radius 3 is 2.61 bits per heavy atom. The molecule has 4 N–H and O–H groups in total. The van der Waals surface area contributed by atoms with Gasteiger partial charge in [0.1, 0.15) is 33.9 Å². The van der Waals surface area contributed by atoms with E-state index in [2.05, 4.69) is 25.3 Å². The van der Waals surface area contributed by atoms with E-state index in [-0.39, 0.29) is 47.5 Å². The number of nitrogens with zero attached hydrogens (tertiary/aromatic N) is 1. The summed E-state index contributed by atoms with van der Waals surface area (Å²) in [6.07, 6.45) is 3.83. The van der Waals surface area contributed by atoms with Gasteiger partial charge in [-0.1, -0.05) is 35.9 Å². The number of ether oxygens (including phenoxy) is 1. The van der Waals surface area contributed by atoms with E-state index in [0.29, 0.717) is 23.1 Å². The van der Waals surface area contributed by atoms with Gasteiger partial charge in [0.25, 0.3) is 5.91 Å². The third-order valence-corrected chi connectivity index (χ3v) is 6.40. The molecule has 3 aromatic rings. The molecular formula is C28H25ClF2N4O6. The molecule has 2 bridgehead atoms. The zero-order chi connectivity index (χ0) is 29.7. The van der Waals surface area contributed by atoms with Gasteiger partial charge in [-0.05, 0) is 49.1 Å². The Bertz CT molecular complexity index is 1530. The third kappa shape index (κ3) is 7.34. The number of aliphatic carboxylic acids is 1. The van der Waals surface area contributed by atoms with Gasteiger partial charge in [-0.15, -0.1) is 0 Å². The van der Waals surface area contributed by atoms with Crippen LogP contribution in [-0.2, 0) is 25.5 Å². The molecule has 1 atom stereocenters. The van der Waals surface area contributed by atoms with Gasteiger partial charge in [0, 0.05) is 12.0 Å². The van der Waals surface area contributed by atoms with E-state index < -0.39 is 47.7 Å². The number of fused-ring (bicyclic) bond motifs is 4. The number of anilines is 1. The second-order valence-electron chi connectivity index (χ2n) is 9.32. The first-order chi connectivity index (χ1) is 19.5. The Morgan fingerprint density at radius 2 is 1.90 bits per heavy atom. The molecule has 0 fully saturated rings. The molecule has 4 rings (SSSR count). The largest absolute Gasteiger partial charge is 0.479 e. The maximum absolute atomic E-state index is 14.5. The maximum atomic E-state index is 14.5. The standard InChI is InChI=1S/C28H25ClF2N4O6/c1-14-9-17(30)24(18(31)10-14)28(40)33-19-5-3-2-4-6-21(36)32-20-11-15(12-23(39)41-13-22(37)38)7-8-16(20)25-26(29)35-27(19)34-25/h2-3,7-11,19H,4-6,12-13H2,1H3,(H,32,36)(H,33,40)(H,34,35)(H,37,38)/b3-2+/t19-/m0/s1. The minimum atomic E-state index is -1.29. The lowest BCUT2D eigenvalue weighted by Crippen LogP contribution is -2.30. The number of carbonyl (C=O) groups is 4. The predicted octanol–water partition coefficient (Wildman–Crippen LogP) is 4.64. The quantitative estimate of drug-likeness (QED) is 0.243. The zero-order valence-corrected chi connectivity index (χ0v) is 22.5. The first-order valence-electron chi connectivity index (χ1n) is 12.5. The molecule has 2 aromatic carbocycles. The topological polar surface area (TPSA) is 150 Å². The van der Waals surface area contributed by atoms with Gasteiger partial charge in [0.2, 0.25) is 5.91 Å². The van der Waals surface area contributed by atoms with Crippen molar-refractivity contribution in [1.82, 2.24) is 15.3 Å². The minimum Gasteiger partial charge on any atom is -0.479 e. The molecule has 0 saturated carbocycles. The highest BCUT2D eigenvalue weighted by Gasteiger charge is 2.26. The number of nitrogens with one attached hydrogen (secondary N) is 3. The molecule has 0 unspecified atom stereocenters. The number of carboxylic acids is 1. The summed E-state index contributed by atoms with van der Waals surface area (Å²) < 4.78 is 33.6. The van der Waals surface area contributed by atoms with Crippen LogP contribution in [0.15, 0.2) is 42.5 Å². The van der Waals surface area contributed by atoms with Gasteiger partial charge < -0.3 is 25.5 Å². The number of allylic oxidation sites excluding steroid dienone is 1. The van der Waals surface area contributed by atoms with Crippen LogP contribution in [0.4, 0.5) is 14.5 Å². The van der Waals surface area contributed by atoms with E-state index in [1.165, 1.54) is 13.0 Å². The number of H-pyrrole nitrogens is 1. The molecule has 2 amide bonds. The molecule has 1 aromatic heterocycles. The van der Waals surface area contributed by atoms with E-state index in [9.17, 15) is 28.0 Å². The van der Waals surface area contributed by atoms with Gasteiger partial charge in [0.05, 0.1) is 18.2 Å². The zero-order valence-electron chi connectivity index (χ0n) is 21.7. The number of hydrogen-bond donors (Lipinski definition) is 4. The number of aromatic amines is 1. The molecule has 2 heterocycles. The van der Waals surface area contributed by atoms with E-state index in [1.54, 1.807) is 24.3 Å². The van der Waals surface area contributed by atoms with E-state index in [4.69, 9.17) is 16.7 Å². The maximum Gasteiger partial charge on any atom is 0.341 e. The Balaban J connectivity index is 1.68. The number of esters is 1. The number of aryl methyl sites for hydroxylation is 1. The van der Waals surface area contributed by atoms with Crippen molar-refractivity contribution in [3.63, 3.8) is 0 Å². The Morgan fingerprint density at radius 1 is 1.17 bits per heavy atom. The molecule has 0 spiro atoms. The fraction of sp³-hybridized carbons (Fsp3) is 0.250. The number of hydrogen-bond acceptors (Lipinski definition) is 6. The second-order valence-corrected chi connectivity index (χ2v) is 9.70. The molecule has 13 heteroatoms. The summed E-state index contributed by atoms with van der Waals surface area (Å²) in [7, 11) is 0. The van der Waals surface area contributed by atoms with E-state index >= 15 is 0 Å². The molecular weight excluding hydrogens is 562 g/mol. The van der Waals surface area contributed by atoms with Crippen LogP contribution >= 0.6 is 11.6 Å². The van der Waals surface area contributed by atoms with Gasteiger partial charge in [-0.2, -0.15) is 0 Å². The summed E-state index contributed by atoms with van der Waals surface area (Å²) in [5.74, 6) is -5.17. The van der Waals surface area contributed by atoms with Gasteiger partial charge in [0.15, 0.2) is 6.61 Å². The number of amides is 2. The van der Waals surface area contributed by atoms with Gasteiger partial charge >= 0.3 is 11.9 Å². The predicted molar refractivity (Wildman–Crippen MR) is 144 cm³/mol. The fourth-order valence-corrected chi connectivity index (χ4v) is 4.49. The Labute approximate surface area is 237 Å². The number of imidazole rings is 1. The van der Waals surface area contributed by atoms with Crippen LogP contribution in [0, 0.1) is 18.6 Å². The Kier molecular flexibility index (Phi) is 9.13. The first-order valence-corrected chi connectivity index (χ1v) is 12.9. The first kappa shape index (κ1) is 29.4. The number of rotatable bonds is 6. The highest BCUT2D eigenvalue weighted by molar-refractivity contribution is 6.32. The lowest BCUT2D eigenvalue weighted by atomic mass is 10.0. The smallest absolute Gasteiger partial charge is 0.341 e. The summed E-state index contributed by atoms with van der Waals surface area (Å²) in [5.41, 5.74) is 0.920. The fourth-order valence-electron chi connectivity index (χ4n) is 4.25. The van der Waals surface area contributed by atoms with Crippen LogP contribution in [0.1, 0.15) is 52.6 Å². The monoisotopic (exact) mass is 586 g/mol. The summed E-state index contributed by atoms with van der Waals surface area (Å²) in [6.45, 7) is 0.729. The number of carbonyl (C=O) groups excluding carboxylic acids is 3. The van der Waals surface area contributed by atoms with Crippen LogP contribution in [-0.4, -0.2) is 45.4 Å². The lowest BCUT2D eigenvalue weighted by molar-refractivity contribution is -0.154. The molecule has 214 valence electrons. The normalized spacial score (nSPS) is 15.8.